The van der Waals surface area contributed by atoms with Gasteiger partial charge in [0.05, 0.1) is 6.04 Å². The molecule has 0 aliphatic heterocycles. The Hall–Kier alpha value is -1.35. The van der Waals surface area contributed by atoms with Crippen LogP contribution < -0.4 is 11.1 Å². The molecule has 0 spiro atoms. The van der Waals surface area contributed by atoms with Gasteiger partial charge in [-0.3, -0.25) is 4.79 Å². The number of hydrogen-bond acceptors (Lipinski definition) is 2. The van der Waals surface area contributed by atoms with E-state index in [9.17, 15) is 4.79 Å². The first-order chi connectivity index (χ1) is 8.09. The van der Waals surface area contributed by atoms with Gasteiger partial charge in [0.15, 0.2) is 0 Å². The number of nitrogens with one attached hydrogen (secondary N) is 1. The van der Waals surface area contributed by atoms with Crippen LogP contribution in [0.1, 0.15) is 25.3 Å². The minimum atomic E-state index is -0.445. The van der Waals surface area contributed by atoms with E-state index in [2.05, 4.69) is 12.2 Å². The second kappa shape index (κ2) is 4.88. The second-order valence-corrected chi connectivity index (χ2v) is 5.32. The number of hydrogen-bond donors (Lipinski definition) is 2. The van der Waals surface area contributed by atoms with Gasteiger partial charge in [-0.2, -0.15) is 0 Å². The smallest absolute Gasteiger partial charge is 0.237 e. The number of benzene rings is 1. The van der Waals surface area contributed by atoms with Gasteiger partial charge >= 0.3 is 0 Å². The molecule has 1 saturated carbocycles. The van der Waals surface area contributed by atoms with E-state index >= 15 is 0 Å². The highest BCUT2D eigenvalue weighted by Crippen LogP contribution is 2.43. The molecule has 0 radical (unpaired) electrons. The fourth-order valence-electron chi connectivity index (χ4n) is 1.78. The van der Waals surface area contributed by atoms with Gasteiger partial charge in [0, 0.05) is 6.54 Å². The summed E-state index contributed by atoms with van der Waals surface area (Å²) in [6, 6.07) is 9.43. The van der Waals surface area contributed by atoms with Crippen molar-refractivity contribution in [2.45, 2.75) is 32.2 Å². The highest BCUT2D eigenvalue weighted by atomic mass is 16.2. The summed E-state index contributed by atoms with van der Waals surface area (Å²) in [5.41, 5.74) is 7.33. The lowest BCUT2D eigenvalue weighted by molar-refractivity contribution is -0.122. The predicted molar refractivity (Wildman–Crippen MR) is 68.5 cm³/mol. The third-order valence-corrected chi connectivity index (χ3v) is 3.43. The lowest BCUT2D eigenvalue weighted by atomic mass is 10.1. The average Bonchev–Trinajstić information content (AvgIpc) is 3.06. The quantitative estimate of drug-likeness (QED) is 0.807. The van der Waals surface area contributed by atoms with Crippen LogP contribution in [0.2, 0.25) is 0 Å². The maximum atomic E-state index is 11.8. The minimum absolute atomic E-state index is 0.0398. The van der Waals surface area contributed by atoms with E-state index in [1.54, 1.807) is 0 Å². The molecular formula is C14H20N2O. The Morgan fingerprint density at radius 2 is 2.06 bits per heavy atom. The van der Waals surface area contributed by atoms with Gasteiger partial charge in [-0.1, -0.05) is 37.3 Å². The molecule has 1 aromatic rings. The summed E-state index contributed by atoms with van der Waals surface area (Å²) in [4.78, 5) is 11.8. The number of carbonyl (C=O) groups is 1. The normalized spacial score (nSPS) is 18.5. The Morgan fingerprint density at radius 1 is 1.41 bits per heavy atom. The Labute approximate surface area is 102 Å². The standard InChI is InChI=1S/C14H20N2O/c1-14(7-8-14)10-16-13(17)12(15)9-11-5-3-2-4-6-11/h2-6,12H,7-10,15H2,1H3,(H,16,17)/t12-/m1/s1. The van der Waals surface area contributed by atoms with E-state index in [0.29, 0.717) is 11.8 Å². The van der Waals surface area contributed by atoms with Crippen LogP contribution in [-0.2, 0) is 11.2 Å². The van der Waals surface area contributed by atoms with Crippen LogP contribution in [0, 0.1) is 5.41 Å². The van der Waals surface area contributed by atoms with Gasteiger partial charge < -0.3 is 11.1 Å². The first kappa shape index (κ1) is 12.1. The van der Waals surface area contributed by atoms with Crippen molar-refractivity contribution in [3.05, 3.63) is 35.9 Å². The van der Waals surface area contributed by atoms with Crippen LogP contribution in [0.4, 0.5) is 0 Å². The Balaban J connectivity index is 1.79. The Kier molecular flexibility index (Phi) is 3.48. The SMILES string of the molecule is CC1(CNC(=O)[C@H](N)Cc2ccccc2)CC1. The van der Waals surface area contributed by atoms with E-state index < -0.39 is 6.04 Å². The summed E-state index contributed by atoms with van der Waals surface area (Å²) in [6.45, 7) is 2.95. The van der Waals surface area contributed by atoms with E-state index in [-0.39, 0.29) is 5.91 Å². The lowest BCUT2D eigenvalue weighted by Gasteiger charge is -2.14. The molecule has 1 amide bonds. The molecule has 0 bridgehead atoms. The third-order valence-electron chi connectivity index (χ3n) is 3.43. The molecule has 3 heteroatoms. The molecule has 0 aromatic heterocycles. The summed E-state index contributed by atoms with van der Waals surface area (Å²) < 4.78 is 0. The van der Waals surface area contributed by atoms with Gasteiger partial charge in [0.25, 0.3) is 0 Å². The zero-order chi connectivity index (χ0) is 12.3. The number of rotatable bonds is 5. The highest BCUT2D eigenvalue weighted by molar-refractivity contribution is 5.81. The molecule has 1 aliphatic carbocycles. The minimum Gasteiger partial charge on any atom is -0.354 e. The Morgan fingerprint density at radius 3 is 2.65 bits per heavy atom. The fourth-order valence-corrected chi connectivity index (χ4v) is 1.78. The molecule has 2 rings (SSSR count). The largest absolute Gasteiger partial charge is 0.354 e. The number of carbonyl (C=O) groups excluding carboxylic acids is 1. The molecule has 0 saturated heterocycles. The summed E-state index contributed by atoms with van der Waals surface area (Å²) in [6.07, 6.45) is 3.02. The molecule has 1 fully saturated rings. The molecule has 17 heavy (non-hydrogen) atoms. The molecular weight excluding hydrogens is 212 g/mol. The van der Waals surface area contributed by atoms with Crippen molar-refractivity contribution in [1.29, 1.82) is 0 Å². The van der Waals surface area contributed by atoms with Crippen molar-refractivity contribution in [2.75, 3.05) is 6.54 Å². The zero-order valence-corrected chi connectivity index (χ0v) is 10.3. The molecule has 0 heterocycles. The number of amides is 1. The fraction of sp³-hybridized carbons (Fsp3) is 0.500. The molecule has 1 aromatic carbocycles. The van der Waals surface area contributed by atoms with Crippen LogP contribution in [0.5, 0.6) is 0 Å². The third kappa shape index (κ3) is 3.56. The van der Waals surface area contributed by atoms with Gasteiger partial charge in [0.1, 0.15) is 0 Å². The maximum absolute atomic E-state index is 11.8. The predicted octanol–water partition coefficient (Wildman–Crippen LogP) is 1.47. The van der Waals surface area contributed by atoms with Crippen molar-refractivity contribution < 1.29 is 4.79 Å². The van der Waals surface area contributed by atoms with E-state index in [0.717, 1.165) is 12.1 Å². The second-order valence-electron chi connectivity index (χ2n) is 5.32. The van der Waals surface area contributed by atoms with Gasteiger partial charge in [-0.15, -0.1) is 0 Å². The van der Waals surface area contributed by atoms with Crippen molar-refractivity contribution in [3.63, 3.8) is 0 Å². The number of nitrogens with two attached hydrogens (primary N) is 1. The zero-order valence-electron chi connectivity index (χ0n) is 10.3. The highest BCUT2D eigenvalue weighted by Gasteiger charge is 2.37. The van der Waals surface area contributed by atoms with E-state index in [1.807, 2.05) is 30.3 Å². The molecule has 0 unspecified atom stereocenters. The van der Waals surface area contributed by atoms with Crippen molar-refractivity contribution in [1.82, 2.24) is 5.32 Å². The van der Waals surface area contributed by atoms with Gasteiger partial charge in [-0.05, 0) is 30.2 Å². The van der Waals surface area contributed by atoms with E-state index in [4.69, 9.17) is 5.73 Å². The van der Waals surface area contributed by atoms with Crippen molar-refractivity contribution in [3.8, 4) is 0 Å². The summed E-state index contributed by atoms with van der Waals surface area (Å²) in [5, 5.41) is 2.94. The monoisotopic (exact) mass is 232 g/mol. The first-order valence-corrected chi connectivity index (χ1v) is 6.16. The van der Waals surface area contributed by atoms with Crippen LogP contribution in [0.25, 0.3) is 0 Å². The van der Waals surface area contributed by atoms with Gasteiger partial charge in [0.2, 0.25) is 5.91 Å². The lowest BCUT2D eigenvalue weighted by Crippen LogP contribution is -2.43. The summed E-state index contributed by atoms with van der Waals surface area (Å²) in [7, 11) is 0. The molecule has 92 valence electrons. The van der Waals surface area contributed by atoms with Crippen molar-refractivity contribution in [2.24, 2.45) is 11.1 Å². The van der Waals surface area contributed by atoms with Crippen LogP contribution >= 0.6 is 0 Å². The summed E-state index contributed by atoms with van der Waals surface area (Å²) in [5.74, 6) is -0.0398. The topological polar surface area (TPSA) is 55.1 Å². The van der Waals surface area contributed by atoms with Crippen LogP contribution in [-0.4, -0.2) is 18.5 Å². The molecule has 3 nitrogen and oxygen atoms in total. The first-order valence-electron chi connectivity index (χ1n) is 6.16. The summed E-state index contributed by atoms with van der Waals surface area (Å²) >= 11 is 0. The van der Waals surface area contributed by atoms with Crippen molar-refractivity contribution >= 4 is 5.91 Å². The molecule has 1 atom stereocenters. The Bertz CT molecular complexity index is 384. The molecule has 1 aliphatic rings. The van der Waals surface area contributed by atoms with Crippen LogP contribution in [0.15, 0.2) is 30.3 Å². The van der Waals surface area contributed by atoms with Crippen LogP contribution in [0.3, 0.4) is 0 Å². The molecule has 3 N–H and O–H groups in total. The average molecular weight is 232 g/mol. The van der Waals surface area contributed by atoms with Gasteiger partial charge in [-0.25, -0.2) is 0 Å². The van der Waals surface area contributed by atoms with E-state index in [1.165, 1.54) is 12.8 Å². The maximum Gasteiger partial charge on any atom is 0.237 e.